The van der Waals surface area contributed by atoms with Crippen molar-refractivity contribution in [3.8, 4) is 0 Å². The topological polar surface area (TPSA) is 47.9 Å². The highest BCUT2D eigenvalue weighted by Crippen LogP contribution is 2.42. The summed E-state index contributed by atoms with van der Waals surface area (Å²) >= 11 is 2.19. The van der Waals surface area contributed by atoms with E-state index >= 15 is 0 Å². The third-order valence-electron chi connectivity index (χ3n) is 6.61. The van der Waals surface area contributed by atoms with Crippen molar-refractivity contribution in [1.82, 2.24) is 15.1 Å². The van der Waals surface area contributed by atoms with Crippen LogP contribution in [-0.4, -0.2) is 58.8 Å². The number of halogens is 1. The Hall–Kier alpha value is -0.960. The van der Waals surface area contributed by atoms with Gasteiger partial charge in [-0.05, 0) is 30.4 Å². The van der Waals surface area contributed by atoms with Gasteiger partial charge in [-0.3, -0.25) is 9.79 Å². The van der Waals surface area contributed by atoms with Gasteiger partial charge in [0.05, 0.1) is 0 Å². The summed E-state index contributed by atoms with van der Waals surface area (Å²) in [7, 11) is 1.90. The van der Waals surface area contributed by atoms with Crippen LogP contribution in [0.1, 0.15) is 56.1 Å². The van der Waals surface area contributed by atoms with Crippen LogP contribution in [0.25, 0.3) is 0 Å². The van der Waals surface area contributed by atoms with Crippen LogP contribution in [0.15, 0.2) is 29.3 Å². The number of benzene rings is 1. The van der Waals surface area contributed by atoms with Gasteiger partial charge in [-0.25, -0.2) is 0 Å². The van der Waals surface area contributed by atoms with Gasteiger partial charge in [0.1, 0.15) is 0 Å². The first-order chi connectivity index (χ1) is 14.2. The van der Waals surface area contributed by atoms with E-state index in [1.165, 1.54) is 49.0 Å². The van der Waals surface area contributed by atoms with Crippen molar-refractivity contribution in [2.75, 3.05) is 32.4 Å². The molecule has 4 rings (SSSR count). The maximum Gasteiger partial charge on any atom is 0.222 e. The van der Waals surface area contributed by atoms with Crippen LogP contribution >= 0.6 is 35.7 Å². The van der Waals surface area contributed by atoms with Gasteiger partial charge in [0.15, 0.2) is 5.96 Å². The highest BCUT2D eigenvalue weighted by atomic mass is 127. The van der Waals surface area contributed by atoms with Crippen molar-refractivity contribution in [3.05, 3.63) is 35.4 Å². The zero-order chi connectivity index (χ0) is 20.1. The average Bonchev–Trinajstić information content (AvgIpc) is 3.15. The van der Waals surface area contributed by atoms with Crippen LogP contribution in [0.4, 0.5) is 0 Å². The number of hydrogen-bond acceptors (Lipinski definition) is 3. The summed E-state index contributed by atoms with van der Waals surface area (Å²) in [6.45, 7) is 4.54. The average molecular weight is 543 g/mol. The molecule has 1 aliphatic carbocycles. The van der Waals surface area contributed by atoms with Crippen LogP contribution < -0.4 is 5.32 Å². The molecular weight excluding hydrogens is 507 g/mol. The quantitative estimate of drug-likeness (QED) is 0.351. The van der Waals surface area contributed by atoms with Crippen molar-refractivity contribution in [3.63, 3.8) is 0 Å². The van der Waals surface area contributed by atoms with Crippen LogP contribution in [0.2, 0.25) is 0 Å². The molecule has 3 fully saturated rings. The molecule has 3 aliphatic rings. The molecule has 5 nitrogen and oxygen atoms in total. The van der Waals surface area contributed by atoms with E-state index in [9.17, 15) is 4.79 Å². The molecule has 2 saturated heterocycles. The van der Waals surface area contributed by atoms with Gasteiger partial charge in [-0.1, -0.05) is 43.5 Å². The second-order valence-corrected chi connectivity index (χ2v) is 10.2. The van der Waals surface area contributed by atoms with Gasteiger partial charge in [-0.2, -0.15) is 11.8 Å². The minimum atomic E-state index is 0. The molecule has 0 atom stereocenters. The molecule has 1 saturated carbocycles. The van der Waals surface area contributed by atoms with E-state index in [2.05, 4.69) is 51.2 Å². The van der Waals surface area contributed by atoms with Crippen LogP contribution in [0.5, 0.6) is 0 Å². The number of likely N-dealkylation sites (tertiary alicyclic amines) is 1. The third kappa shape index (κ3) is 5.64. The van der Waals surface area contributed by atoms with Crippen molar-refractivity contribution in [1.29, 1.82) is 0 Å². The minimum absolute atomic E-state index is 0. The summed E-state index contributed by atoms with van der Waals surface area (Å²) in [6.07, 6.45) is 8.51. The lowest BCUT2D eigenvalue weighted by Gasteiger charge is -2.45. The van der Waals surface area contributed by atoms with Gasteiger partial charge >= 0.3 is 0 Å². The van der Waals surface area contributed by atoms with Gasteiger partial charge in [0.2, 0.25) is 5.91 Å². The molecule has 2 heterocycles. The molecule has 0 radical (unpaired) electrons. The van der Waals surface area contributed by atoms with E-state index in [0.717, 1.165) is 45.1 Å². The maximum atomic E-state index is 12.0. The van der Waals surface area contributed by atoms with E-state index < -0.39 is 0 Å². The minimum Gasteiger partial charge on any atom is -0.352 e. The molecule has 0 aromatic heterocycles. The lowest BCUT2D eigenvalue weighted by Crippen LogP contribution is -2.53. The second kappa shape index (κ2) is 11.1. The maximum absolute atomic E-state index is 12.0. The Balaban J connectivity index is 0.00000256. The number of nitrogens with one attached hydrogen (secondary N) is 1. The first-order valence-corrected chi connectivity index (χ1v) is 12.1. The summed E-state index contributed by atoms with van der Waals surface area (Å²) in [5.74, 6) is 2.49. The predicted molar refractivity (Wildman–Crippen MR) is 137 cm³/mol. The Morgan fingerprint density at radius 3 is 2.60 bits per heavy atom. The Morgan fingerprint density at radius 2 is 1.90 bits per heavy atom. The fourth-order valence-electron chi connectivity index (χ4n) is 4.99. The van der Waals surface area contributed by atoms with E-state index in [1.807, 2.05) is 11.9 Å². The van der Waals surface area contributed by atoms with Crippen LogP contribution in [0, 0.1) is 0 Å². The molecule has 1 amide bonds. The van der Waals surface area contributed by atoms with Crippen LogP contribution in [-0.2, 0) is 17.9 Å². The number of hydrogen-bond donors (Lipinski definition) is 1. The Kier molecular flexibility index (Phi) is 8.74. The number of nitrogens with zero attached hydrogens (tertiary/aromatic N) is 3. The SMILES string of the molecule is CN=C(NCc1ccccc1CN1CCCC1=O)N1CCSC2(CCCCC2)C1.I. The highest BCUT2D eigenvalue weighted by molar-refractivity contribution is 14.0. The second-order valence-electron chi connectivity index (χ2n) is 8.60. The molecule has 0 unspecified atom stereocenters. The fourth-order valence-corrected chi connectivity index (χ4v) is 6.56. The largest absolute Gasteiger partial charge is 0.352 e. The molecular formula is C23H35IN4OS. The molecule has 166 valence electrons. The molecule has 7 heteroatoms. The summed E-state index contributed by atoms with van der Waals surface area (Å²) in [4.78, 5) is 21.1. The Morgan fingerprint density at radius 1 is 1.13 bits per heavy atom. The molecule has 1 aromatic carbocycles. The van der Waals surface area contributed by atoms with Gasteiger partial charge < -0.3 is 15.1 Å². The molecule has 1 N–H and O–H groups in total. The molecule has 1 aromatic rings. The van der Waals surface area contributed by atoms with E-state index in [4.69, 9.17) is 0 Å². The van der Waals surface area contributed by atoms with Gasteiger partial charge in [0.25, 0.3) is 0 Å². The summed E-state index contributed by atoms with van der Waals surface area (Å²) in [5.41, 5.74) is 2.50. The van der Waals surface area contributed by atoms with E-state index in [1.54, 1.807) is 0 Å². The molecule has 30 heavy (non-hydrogen) atoms. The Bertz CT molecular complexity index is 745. The van der Waals surface area contributed by atoms with Gasteiger partial charge in [-0.15, -0.1) is 24.0 Å². The van der Waals surface area contributed by atoms with Crippen LogP contribution in [0.3, 0.4) is 0 Å². The Labute approximate surface area is 202 Å². The number of amides is 1. The first-order valence-electron chi connectivity index (χ1n) is 11.1. The number of thioether (sulfide) groups is 1. The van der Waals surface area contributed by atoms with Crippen molar-refractivity contribution in [2.24, 2.45) is 4.99 Å². The van der Waals surface area contributed by atoms with E-state index in [-0.39, 0.29) is 29.9 Å². The standard InChI is InChI=1S/C23H34N4OS.HI/c1-24-22(27-14-15-29-23(18-27)11-5-2-6-12-23)25-16-19-8-3-4-9-20(19)17-26-13-7-10-21(26)28;/h3-4,8-9H,2,5-7,10-18H2,1H3,(H,24,25);1H. The fraction of sp³-hybridized carbons (Fsp3) is 0.652. The number of guanidine groups is 1. The first kappa shape index (κ1) is 23.7. The smallest absolute Gasteiger partial charge is 0.222 e. The summed E-state index contributed by atoms with van der Waals surface area (Å²) in [6, 6.07) is 8.48. The van der Waals surface area contributed by atoms with Crippen molar-refractivity contribution >= 4 is 47.6 Å². The molecule has 1 spiro atoms. The summed E-state index contributed by atoms with van der Waals surface area (Å²) < 4.78 is 0.433. The zero-order valence-electron chi connectivity index (χ0n) is 18.1. The lowest BCUT2D eigenvalue weighted by atomic mass is 9.87. The number of carbonyl (C=O) groups is 1. The van der Waals surface area contributed by atoms with E-state index in [0.29, 0.717) is 11.2 Å². The van der Waals surface area contributed by atoms with Crippen molar-refractivity contribution < 1.29 is 4.79 Å². The number of aliphatic imine (C=N–C) groups is 1. The normalized spacial score (nSPS) is 21.6. The lowest BCUT2D eigenvalue weighted by molar-refractivity contribution is -0.128. The predicted octanol–water partition coefficient (Wildman–Crippen LogP) is 4.25. The molecule has 0 bridgehead atoms. The van der Waals surface area contributed by atoms with Crippen molar-refractivity contribution in [2.45, 2.75) is 62.8 Å². The monoisotopic (exact) mass is 542 g/mol. The number of rotatable bonds is 4. The summed E-state index contributed by atoms with van der Waals surface area (Å²) in [5, 5.41) is 3.62. The molecule has 2 aliphatic heterocycles. The zero-order valence-corrected chi connectivity index (χ0v) is 21.2. The number of carbonyl (C=O) groups excluding carboxylic acids is 1. The van der Waals surface area contributed by atoms with Gasteiger partial charge in [0, 0.05) is 56.7 Å². The third-order valence-corrected chi connectivity index (χ3v) is 8.15. The highest BCUT2D eigenvalue weighted by Gasteiger charge is 2.38.